The van der Waals surface area contributed by atoms with E-state index in [1.54, 1.807) is 17.3 Å². The van der Waals surface area contributed by atoms with E-state index >= 15 is 0 Å². The van der Waals surface area contributed by atoms with Crippen molar-refractivity contribution in [2.75, 3.05) is 36.4 Å². The van der Waals surface area contributed by atoms with Crippen molar-refractivity contribution < 1.29 is 0 Å². The van der Waals surface area contributed by atoms with E-state index in [-0.39, 0.29) is 5.41 Å². The summed E-state index contributed by atoms with van der Waals surface area (Å²) >= 11 is 0. The van der Waals surface area contributed by atoms with E-state index in [1.807, 2.05) is 0 Å². The largest absolute Gasteiger partial charge is 0.394 e. The first kappa shape index (κ1) is 18.6. The van der Waals surface area contributed by atoms with Crippen LogP contribution >= 0.6 is 0 Å². The van der Waals surface area contributed by atoms with Crippen LogP contribution in [0, 0.1) is 0 Å². The molecular weight excluding hydrogens is 384 g/mol. The predicted octanol–water partition coefficient (Wildman–Crippen LogP) is 3.35. The first-order valence-electron chi connectivity index (χ1n) is 11.2. The van der Waals surface area contributed by atoms with Gasteiger partial charge in [0.1, 0.15) is 0 Å². The second-order valence-corrected chi connectivity index (χ2v) is 9.24. The minimum Gasteiger partial charge on any atom is -0.394 e. The smallest absolute Gasteiger partial charge is 0.224 e. The summed E-state index contributed by atoms with van der Waals surface area (Å²) < 4.78 is 0. The molecule has 1 saturated heterocycles. The molecule has 3 aromatic rings. The standard InChI is InChI=1S/C25H28N6/c26-22-14-28-24(30-23(22)27)29-16-9-11-31(12-10-16)15-25-13-19(17-5-1-3-7-20(17)25)18-6-2-4-8-21(18)25/h1-8,14,16,19H,9-13,15,26H2,(H3,27,28,29,30). The third-order valence-electron chi connectivity index (χ3n) is 7.52. The highest BCUT2D eigenvalue weighted by Gasteiger charge is 2.53. The number of hydrogen-bond acceptors (Lipinski definition) is 6. The quantitative estimate of drug-likeness (QED) is 0.609. The topological polar surface area (TPSA) is 93.1 Å². The number of nitrogens with zero attached hydrogens (tertiary/aromatic N) is 3. The van der Waals surface area contributed by atoms with E-state index in [4.69, 9.17) is 11.5 Å². The third kappa shape index (κ3) is 2.89. The molecular formula is C25H28N6. The molecule has 6 heteroatoms. The van der Waals surface area contributed by atoms with Crippen molar-refractivity contribution in [2.45, 2.75) is 36.6 Å². The van der Waals surface area contributed by atoms with Crippen molar-refractivity contribution >= 4 is 17.5 Å². The number of nitrogen functional groups attached to an aromatic ring is 2. The van der Waals surface area contributed by atoms with Gasteiger partial charge >= 0.3 is 0 Å². The number of hydrogen-bond donors (Lipinski definition) is 3. The first-order valence-corrected chi connectivity index (χ1v) is 11.2. The van der Waals surface area contributed by atoms with E-state index in [9.17, 15) is 0 Å². The molecule has 0 unspecified atom stereocenters. The lowest BCUT2D eigenvalue weighted by atomic mass is 9.74. The van der Waals surface area contributed by atoms with Crippen LogP contribution in [-0.4, -0.2) is 40.5 Å². The van der Waals surface area contributed by atoms with Crippen LogP contribution in [0.15, 0.2) is 54.7 Å². The zero-order valence-corrected chi connectivity index (χ0v) is 17.6. The molecule has 158 valence electrons. The van der Waals surface area contributed by atoms with E-state index in [2.05, 4.69) is 68.7 Å². The van der Waals surface area contributed by atoms with E-state index in [0.717, 1.165) is 32.5 Å². The molecule has 6 rings (SSSR count). The van der Waals surface area contributed by atoms with Crippen molar-refractivity contribution in [3.63, 3.8) is 0 Å². The summed E-state index contributed by atoms with van der Waals surface area (Å²) in [6, 6.07) is 18.6. The first-order chi connectivity index (χ1) is 15.1. The SMILES string of the molecule is Nc1cnc(NC2CCN(CC34CC(c5ccccc53)c3ccccc34)CC2)nc1N. The summed E-state index contributed by atoms with van der Waals surface area (Å²) in [5.41, 5.74) is 18.3. The predicted molar refractivity (Wildman–Crippen MR) is 124 cm³/mol. The molecule has 3 aliphatic rings. The molecule has 1 fully saturated rings. The Kier molecular flexibility index (Phi) is 4.18. The molecule has 0 spiro atoms. The van der Waals surface area contributed by atoms with Gasteiger partial charge in [0.25, 0.3) is 0 Å². The lowest BCUT2D eigenvalue weighted by molar-refractivity contribution is 0.186. The Balaban J connectivity index is 1.19. The molecule has 5 N–H and O–H groups in total. The maximum absolute atomic E-state index is 5.83. The Hall–Kier alpha value is -3.12. The van der Waals surface area contributed by atoms with Crippen molar-refractivity contribution in [3.05, 3.63) is 77.0 Å². The molecule has 0 saturated carbocycles. The fourth-order valence-electron chi connectivity index (χ4n) is 6.08. The van der Waals surface area contributed by atoms with E-state index < -0.39 is 0 Å². The lowest BCUT2D eigenvalue weighted by Crippen LogP contribution is -2.46. The van der Waals surface area contributed by atoms with Crippen LogP contribution in [0.25, 0.3) is 0 Å². The van der Waals surface area contributed by atoms with Crippen molar-refractivity contribution in [2.24, 2.45) is 0 Å². The van der Waals surface area contributed by atoms with Crippen LogP contribution in [0.2, 0.25) is 0 Å². The summed E-state index contributed by atoms with van der Waals surface area (Å²) in [6.07, 6.45) is 4.92. The normalized spacial score (nSPS) is 24.7. The lowest BCUT2D eigenvalue weighted by Gasteiger charge is -2.40. The molecule has 0 radical (unpaired) electrons. The van der Waals surface area contributed by atoms with Crippen molar-refractivity contribution in [3.8, 4) is 0 Å². The van der Waals surface area contributed by atoms with Gasteiger partial charge in [-0.25, -0.2) is 4.98 Å². The zero-order chi connectivity index (χ0) is 21.0. The number of nitrogens with two attached hydrogens (primary N) is 2. The minimum atomic E-state index is 0.132. The Morgan fingerprint density at radius 2 is 1.61 bits per heavy atom. The highest BCUT2D eigenvalue weighted by atomic mass is 15.2. The molecule has 2 aromatic carbocycles. The highest BCUT2D eigenvalue weighted by molar-refractivity contribution is 5.63. The Labute approximate surface area is 182 Å². The van der Waals surface area contributed by atoms with Crippen LogP contribution in [0.5, 0.6) is 0 Å². The number of anilines is 3. The van der Waals surface area contributed by atoms with Gasteiger partial charge in [0.15, 0.2) is 5.82 Å². The second-order valence-electron chi connectivity index (χ2n) is 9.24. The number of nitrogens with one attached hydrogen (secondary N) is 1. The minimum absolute atomic E-state index is 0.132. The molecule has 0 amide bonds. The number of benzene rings is 2. The van der Waals surface area contributed by atoms with Crippen LogP contribution in [0.4, 0.5) is 17.5 Å². The average Bonchev–Trinajstić information content (AvgIpc) is 3.30. The summed E-state index contributed by atoms with van der Waals surface area (Å²) in [5.74, 6) is 1.46. The second kappa shape index (κ2) is 6.95. The number of piperidine rings is 1. The number of likely N-dealkylation sites (tertiary alicyclic amines) is 1. The van der Waals surface area contributed by atoms with Crippen LogP contribution in [-0.2, 0) is 5.41 Å². The monoisotopic (exact) mass is 412 g/mol. The fourth-order valence-corrected chi connectivity index (χ4v) is 6.08. The van der Waals surface area contributed by atoms with Gasteiger partial charge < -0.3 is 21.7 Å². The van der Waals surface area contributed by atoms with Gasteiger partial charge in [-0.3, -0.25) is 0 Å². The van der Waals surface area contributed by atoms with Gasteiger partial charge in [-0.15, -0.1) is 0 Å². The van der Waals surface area contributed by atoms with Gasteiger partial charge in [-0.1, -0.05) is 48.5 Å². The third-order valence-corrected chi connectivity index (χ3v) is 7.52. The van der Waals surface area contributed by atoms with Crippen LogP contribution < -0.4 is 16.8 Å². The Morgan fingerprint density at radius 1 is 0.968 bits per heavy atom. The maximum Gasteiger partial charge on any atom is 0.224 e. The summed E-state index contributed by atoms with van der Waals surface area (Å²) in [5, 5.41) is 3.44. The summed E-state index contributed by atoms with van der Waals surface area (Å²) in [4.78, 5) is 11.2. The molecule has 1 aromatic heterocycles. The Bertz CT molecular complexity index is 1090. The molecule has 2 aliphatic carbocycles. The van der Waals surface area contributed by atoms with Gasteiger partial charge in [0, 0.05) is 37.0 Å². The zero-order valence-electron chi connectivity index (χ0n) is 17.6. The molecule has 2 heterocycles. The van der Waals surface area contributed by atoms with Gasteiger partial charge in [-0.05, 0) is 41.5 Å². The number of aromatic nitrogens is 2. The summed E-state index contributed by atoms with van der Waals surface area (Å²) in [7, 11) is 0. The van der Waals surface area contributed by atoms with Crippen LogP contribution in [0.1, 0.15) is 47.4 Å². The molecule has 31 heavy (non-hydrogen) atoms. The van der Waals surface area contributed by atoms with Crippen molar-refractivity contribution in [1.29, 1.82) is 0 Å². The Morgan fingerprint density at radius 3 is 2.26 bits per heavy atom. The van der Waals surface area contributed by atoms with Gasteiger partial charge in [-0.2, -0.15) is 4.98 Å². The average molecular weight is 413 g/mol. The number of rotatable bonds is 4. The van der Waals surface area contributed by atoms with Gasteiger partial charge in [0.05, 0.1) is 11.9 Å². The van der Waals surface area contributed by atoms with Crippen LogP contribution in [0.3, 0.4) is 0 Å². The van der Waals surface area contributed by atoms with E-state index in [0.29, 0.717) is 29.4 Å². The molecule has 2 bridgehead atoms. The maximum atomic E-state index is 5.83. The molecule has 0 atom stereocenters. The fraction of sp³-hybridized carbons (Fsp3) is 0.360. The number of fused-ring (bicyclic) bond motifs is 8. The molecule has 1 aliphatic heterocycles. The van der Waals surface area contributed by atoms with Crippen molar-refractivity contribution in [1.82, 2.24) is 14.9 Å². The van der Waals surface area contributed by atoms with Gasteiger partial charge in [0.2, 0.25) is 5.95 Å². The molecule has 6 nitrogen and oxygen atoms in total. The summed E-state index contributed by atoms with van der Waals surface area (Å²) in [6.45, 7) is 3.23. The van der Waals surface area contributed by atoms with E-state index in [1.165, 1.54) is 17.5 Å². The highest BCUT2D eigenvalue weighted by Crippen LogP contribution is 2.60.